The van der Waals surface area contributed by atoms with Gasteiger partial charge in [-0.15, -0.1) is 0 Å². The van der Waals surface area contributed by atoms with Gasteiger partial charge in [0, 0.05) is 14.1 Å². The van der Waals surface area contributed by atoms with Crippen molar-refractivity contribution in [1.82, 2.24) is 14.9 Å². The number of benzene rings is 1. The third kappa shape index (κ3) is 3.33. The number of aryl methyl sites for hydroxylation is 1. The van der Waals surface area contributed by atoms with E-state index < -0.39 is 6.10 Å². The highest BCUT2D eigenvalue weighted by molar-refractivity contribution is 5.96. The molecular weight excluding hydrogens is 280 g/mol. The number of aromatic nitrogens is 2. The van der Waals surface area contributed by atoms with Crippen LogP contribution in [0.1, 0.15) is 34.8 Å². The van der Waals surface area contributed by atoms with E-state index in [9.17, 15) is 4.79 Å². The number of para-hydroxylation sites is 1. The molecule has 0 aliphatic heterocycles. The molecule has 116 valence electrons. The number of hydrogen-bond donors (Lipinski definition) is 1. The van der Waals surface area contributed by atoms with Crippen LogP contribution in [0.15, 0.2) is 30.3 Å². The zero-order valence-electron chi connectivity index (χ0n) is 13.2. The molecule has 0 fully saturated rings. The Balaban J connectivity index is 2.42. The van der Waals surface area contributed by atoms with Gasteiger partial charge in [-0.05, 0) is 26.0 Å². The molecule has 22 heavy (non-hydrogen) atoms. The molecular formula is C16H20N4O2. The minimum Gasteiger partial charge on any atom is -0.484 e. The topological polar surface area (TPSA) is 81.3 Å². The molecule has 2 N–H and O–H groups in total. The predicted molar refractivity (Wildman–Crippen MR) is 84.7 cm³/mol. The molecule has 0 bridgehead atoms. The Labute approximate surface area is 129 Å². The second-order valence-corrected chi connectivity index (χ2v) is 5.20. The van der Waals surface area contributed by atoms with Crippen LogP contribution in [-0.2, 0) is 0 Å². The second-order valence-electron chi connectivity index (χ2n) is 5.20. The normalized spacial score (nSPS) is 11.8. The van der Waals surface area contributed by atoms with E-state index in [0.717, 1.165) is 0 Å². The fourth-order valence-corrected chi connectivity index (χ4v) is 2.16. The van der Waals surface area contributed by atoms with E-state index in [4.69, 9.17) is 10.5 Å². The molecule has 0 saturated heterocycles. The molecule has 1 heterocycles. The SMILES string of the molecule is Cc1nc(N)nc(C(C)Oc2ccccc2)c1C(=O)N(C)C. The van der Waals surface area contributed by atoms with E-state index in [1.165, 1.54) is 4.90 Å². The number of nitrogens with zero attached hydrogens (tertiary/aromatic N) is 3. The number of nitrogen functional groups attached to an aromatic ring is 1. The molecule has 6 heteroatoms. The zero-order valence-corrected chi connectivity index (χ0v) is 13.2. The molecule has 1 aromatic heterocycles. The van der Waals surface area contributed by atoms with Gasteiger partial charge in [0.15, 0.2) is 0 Å². The van der Waals surface area contributed by atoms with Crippen molar-refractivity contribution >= 4 is 11.9 Å². The molecule has 6 nitrogen and oxygen atoms in total. The van der Waals surface area contributed by atoms with Crippen molar-refractivity contribution in [1.29, 1.82) is 0 Å². The minimum absolute atomic E-state index is 0.131. The van der Waals surface area contributed by atoms with Gasteiger partial charge in [-0.3, -0.25) is 4.79 Å². The number of ether oxygens (including phenoxy) is 1. The van der Waals surface area contributed by atoms with Crippen molar-refractivity contribution in [2.75, 3.05) is 19.8 Å². The summed E-state index contributed by atoms with van der Waals surface area (Å²) >= 11 is 0. The Morgan fingerprint density at radius 1 is 1.23 bits per heavy atom. The van der Waals surface area contributed by atoms with E-state index >= 15 is 0 Å². The van der Waals surface area contributed by atoms with Crippen LogP contribution in [0.4, 0.5) is 5.95 Å². The van der Waals surface area contributed by atoms with Gasteiger partial charge < -0.3 is 15.4 Å². The fourth-order valence-electron chi connectivity index (χ4n) is 2.16. The summed E-state index contributed by atoms with van der Waals surface area (Å²) in [5, 5.41) is 0. The Hall–Kier alpha value is -2.63. The predicted octanol–water partition coefficient (Wildman–Crippen LogP) is 2.21. The van der Waals surface area contributed by atoms with Gasteiger partial charge in [-0.2, -0.15) is 0 Å². The summed E-state index contributed by atoms with van der Waals surface area (Å²) in [7, 11) is 3.37. The summed E-state index contributed by atoms with van der Waals surface area (Å²) in [6.07, 6.45) is -0.426. The van der Waals surface area contributed by atoms with Crippen LogP contribution >= 0.6 is 0 Å². The maximum Gasteiger partial charge on any atom is 0.257 e. The van der Waals surface area contributed by atoms with Crippen LogP contribution in [0, 0.1) is 6.92 Å². The Morgan fingerprint density at radius 2 is 1.86 bits per heavy atom. The number of carbonyl (C=O) groups excluding carboxylic acids is 1. The van der Waals surface area contributed by atoms with E-state index in [-0.39, 0.29) is 11.9 Å². The van der Waals surface area contributed by atoms with Crippen molar-refractivity contribution in [3.05, 3.63) is 47.3 Å². The van der Waals surface area contributed by atoms with Crippen molar-refractivity contribution in [2.24, 2.45) is 0 Å². The number of nitrogens with two attached hydrogens (primary N) is 1. The first-order chi connectivity index (χ1) is 10.4. The lowest BCUT2D eigenvalue weighted by atomic mass is 10.1. The quantitative estimate of drug-likeness (QED) is 0.936. The van der Waals surface area contributed by atoms with E-state index in [2.05, 4.69) is 9.97 Å². The van der Waals surface area contributed by atoms with Crippen molar-refractivity contribution in [3.63, 3.8) is 0 Å². The van der Waals surface area contributed by atoms with Gasteiger partial charge in [0.25, 0.3) is 5.91 Å². The zero-order chi connectivity index (χ0) is 16.3. The Bertz CT molecular complexity index is 671. The van der Waals surface area contributed by atoms with E-state index in [0.29, 0.717) is 22.7 Å². The molecule has 0 radical (unpaired) electrons. The number of rotatable bonds is 4. The first-order valence-corrected chi connectivity index (χ1v) is 6.97. The molecule has 1 atom stereocenters. The molecule has 2 rings (SSSR count). The Morgan fingerprint density at radius 3 is 2.45 bits per heavy atom. The highest BCUT2D eigenvalue weighted by atomic mass is 16.5. The average Bonchev–Trinajstić information content (AvgIpc) is 2.46. The molecule has 0 aliphatic carbocycles. The van der Waals surface area contributed by atoms with Crippen molar-refractivity contribution in [2.45, 2.75) is 20.0 Å². The molecule has 0 aliphatic rings. The van der Waals surface area contributed by atoms with Crippen LogP contribution in [0.3, 0.4) is 0 Å². The molecule has 1 amide bonds. The van der Waals surface area contributed by atoms with Gasteiger partial charge in [0.1, 0.15) is 11.9 Å². The standard InChI is InChI=1S/C16H20N4O2/c1-10-13(15(21)20(3)4)14(19-16(17)18-10)11(2)22-12-8-6-5-7-9-12/h5-9,11H,1-4H3,(H2,17,18,19). The molecule has 0 saturated carbocycles. The lowest BCUT2D eigenvalue weighted by Crippen LogP contribution is -2.27. The molecule has 0 spiro atoms. The van der Waals surface area contributed by atoms with Crippen LogP contribution in [0.25, 0.3) is 0 Å². The summed E-state index contributed by atoms with van der Waals surface area (Å²) in [4.78, 5) is 22.2. The van der Waals surface area contributed by atoms with Gasteiger partial charge >= 0.3 is 0 Å². The fraction of sp³-hybridized carbons (Fsp3) is 0.312. The van der Waals surface area contributed by atoms with Crippen LogP contribution in [0.2, 0.25) is 0 Å². The highest BCUT2D eigenvalue weighted by Gasteiger charge is 2.24. The van der Waals surface area contributed by atoms with Gasteiger partial charge in [0.05, 0.1) is 17.0 Å². The lowest BCUT2D eigenvalue weighted by molar-refractivity contribution is 0.0820. The van der Waals surface area contributed by atoms with Gasteiger partial charge in [-0.1, -0.05) is 18.2 Å². The Kier molecular flexibility index (Phi) is 4.60. The summed E-state index contributed by atoms with van der Waals surface area (Å²) in [6.45, 7) is 3.58. The molecule has 2 aromatic rings. The smallest absolute Gasteiger partial charge is 0.257 e. The average molecular weight is 300 g/mol. The van der Waals surface area contributed by atoms with Crippen LogP contribution in [-0.4, -0.2) is 34.9 Å². The second kappa shape index (κ2) is 6.43. The van der Waals surface area contributed by atoms with E-state index in [1.54, 1.807) is 21.0 Å². The molecule has 1 aromatic carbocycles. The summed E-state index contributed by atoms with van der Waals surface area (Å²) in [5.41, 5.74) is 7.21. The summed E-state index contributed by atoms with van der Waals surface area (Å²) < 4.78 is 5.86. The van der Waals surface area contributed by atoms with Gasteiger partial charge in [0.2, 0.25) is 5.95 Å². The summed E-state index contributed by atoms with van der Waals surface area (Å²) in [5.74, 6) is 0.662. The molecule has 1 unspecified atom stereocenters. The third-order valence-electron chi connectivity index (χ3n) is 3.20. The largest absolute Gasteiger partial charge is 0.484 e. The van der Waals surface area contributed by atoms with Crippen molar-refractivity contribution in [3.8, 4) is 5.75 Å². The maximum absolute atomic E-state index is 12.4. The number of hydrogen-bond acceptors (Lipinski definition) is 5. The van der Waals surface area contributed by atoms with E-state index in [1.807, 2.05) is 37.3 Å². The van der Waals surface area contributed by atoms with Crippen molar-refractivity contribution < 1.29 is 9.53 Å². The maximum atomic E-state index is 12.4. The van der Waals surface area contributed by atoms with Crippen LogP contribution in [0.5, 0.6) is 5.75 Å². The monoisotopic (exact) mass is 300 g/mol. The summed E-state index contributed by atoms with van der Waals surface area (Å²) in [6, 6.07) is 9.37. The number of anilines is 1. The third-order valence-corrected chi connectivity index (χ3v) is 3.20. The first kappa shape index (κ1) is 15.8. The van der Waals surface area contributed by atoms with Crippen LogP contribution < -0.4 is 10.5 Å². The van der Waals surface area contributed by atoms with Gasteiger partial charge in [-0.25, -0.2) is 9.97 Å². The minimum atomic E-state index is -0.426. The highest BCUT2D eigenvalue weighted by Crippen LogP contribution is 2.25. The lowest BCUT2D eigenvalue weighted by Gasteiger charge is -2.20. The number of carbonyl (C=O) groups is 1. The first-order valence-electron chi connectivity index (χ1n) is 6.97. The number of amides is 1.